The van der Waals surface area contributed by atoms with Crippen LogP contribution < -0.4 is 0 Å². The largest absolute Gasteiger partial charge is 0.463 e. The summed E-state index contributed by atoms with van der Waals surface area (Å²) in [6.45, 7) is 7.05. The normalized spacial score (nSPS) is 25.2. The molecule has 2 aliphatic heterocycles. The summed E-state index contributed by atoms with van der Waals surface area (Å²) in [5.74, 6) is -1.80. The highest BCUT2D eigenvalue weighted by atomic mass is 16.7. The highest BCUT2D eigenvalue weighted by Crippen LogP contribution is 2.36. The van der Waals surface area contributed by atoms with Gasteiger partial charge < -0.3 is 47.9 Å². The van der Waals surface area contributed by atoms with Crippen molar-refractivity contribution < 1.29 is 67.0 Å². The van der Waals surface area contributed by atoms with Gasteiger partial charge in [0, 0.05) is 38.5 Å². The van der Waals surface area contributed by atoms with Gasteiger partial charge in [-0.3, -0.25) is 9.59 Å². The fourth-order valence-corrected chi connectivity index (χ4v) is 7.17. The van der Waals surface area contributed by atoms with Crippen LogP contribution in [-0.4, -0.2) is 109 Å². The van der Waals surface area contributed by atoms with E-state index in [1.807, 2.05) is 91.0 Å². The summed E-state index contributed by atoms with van der Waals surface area (Å²) in [5, 5.41) is 15.2. The number of azide groups is 1. The van der Waals surface area contributed by atoms with Crippen molar-refractivity contribution in [3.8, 4) is 0 Å². The Balaban J connectivity index is 0.00000282. The molecule has 18 nitrogen and oxygen atoms in total. The molecule has 3 aromatic rings. The smallest absolute Gasteiger partial charge is 0.410 e. The first-order chi connectivity index (χ1) is 30.4. The molecule has 0 bridgehead atoms. The topological polar surface area (TPSA) is 231 Å². The number of aliphatic hydroxyl groups is 1. The fourth-order valence-electron chi connectivity index (χ4n) is 7.17. The lowest BCUT2D eigenvalue weighted by Crippen LogP contribution is -2.63. The zero-order valence-corrected chi connectivity index (χ0v) is 35.8. The Kier molecular flexibility index (Phi) is 21.2. The molecule has 10 atom stereocenters. The Morgan fingerprint density at radius 2 is 1.37 bits per heavy atom. The molecule has 0 spiro atoms. The summed E-state index contributed by atoms with van der Waals surface area (Å²) in [7, 11) is 0. The molecule has 2 heterocycles. The van der Waals surface area contributed by atoms with Crippen LogP contribution in [0.2, 0.25) is 0 Å². The van der Waals surface area contributed by atoms with Crippen LogP contribution in [0.25, 0.3) is 10.4 Å². The van der Waals surface area contributed by atoms with E-state index in [9.17, 15) is 25.0 Å². The van der Waals surface area contributed by atoms with Crippen molar-refractivity contribution in [3.63, 3.8) is 0 Å². The third-order valence-electron chi connectivity index (χ3n) is 10.3. The van der Waals surface area contributed by atoms with Gasteiger partial charge in [0.2, 0.25) is 0 Å². The highest BCUT2D eigenvalue weighted by Gasteiger charge is 2.52. The average Bonchev–Trinajstić information content (AvgIpc) is 3.27. The Morgan fingerprint density at radius 3 is 1.95 bits per heavy atom. The molecule has 2 aliphatic rings. The quantitative estimate of drug-likeness (QED) is 0.0341. The Bertz CT molecular complexity index is 1920. The van der Waals surface area contributed by atoms with Crippen LogP contribution in [0, 0.1) is 5.92 Å². The molecule has 2 saturated heterocycles. The number of aliphatic hydroxyl groups excluding tert-OH is 1. The number of hydrogen-bond acceptors (Lipinski definition) is 15. The third-order valence-corrected chi connectivity index (χ3v) is 10.3. The predicted molar refractivity (Wildman–Crippen MR) is 221 cm³/mol. The minimum absolute atomic E-state index is 0.114. The number of carbonyl (C=O) groups excluding carboxylic acids is 5. The monoisotopic (exact) mass is 876 g/mol. The molecule has 1 N–H and O–H groups in total. The average molecular weight is 877 g/mol. The lowest BCUT2D eigenvalue weighted by Gasteiger charge is -2.48. The second-order valence-corrected chi connectivity index (χ2v) is 15.0. The number of nitrogens with zero attached hydrogens (tertiary/aromatic N) is 4. The van der Waals surface area contributed by atoms with Crippen molar-refractivity contribution in [3.05, 3.63) is 118 Å². The summed E-state index contributed by atoms with van der Waals surface area (Å²) < 4.78 is 48.0. The fraction of sp³-hybridized carbons (Fsp3) is 0.511. The van der Waals surface area contributed by atoms with Crippen molar-refractivity contribution in [2.24, 2.45) is 11.0 Å². The number of amides is 1. The Hall–Kier alpha value is -5.68. The van der Waals surface area contributed by atoms with E-state index in [1.54, 1.807) is 18.7 Å². The van der Waals surface area contributed by atoms with E-state index in [-0.39, 0.29) is 32.6 Å². The molecule has 2 fully saturated rings. The zero-order valence-electron chi connectivity index (χ0n) is 35.8. The van der Waals surface area contributed by atoms with E-state index in [0.717, 1.165) is 16.7 Å². The Morgan fingerprint density at radius 1 is 0.762 bits per heavy atom. The molecule has 1 amide bonds. The minimum atomic E-state index is -1.26. The molecule has 0 saturated carbocycles. The minimum Gasteiger partial charge on any atom is -0.463 e. The maximum Gasteiger partial charge on any atom is 0.410 e. The van der Waals surface area contributed by atoms with Crippen molar-refractivity contribution in [1.82, 2.24) is 4.90 Å². The second-order valence-electron chi connectivity index (χ2n) is 15.0. The molecule has 0 aliphatic carbocycles. The van der Waals surface area contributed by atoms with Crippen LogP contribution in [0.1, 0.15) is 63.6 Å². The maximum atomic E-state index is 13.2. The lowest BCUT2D eigenvalue weighted by atomic mass is 9.88. The summed E-state index contributed by atoms with van der Waals surface area (Å²) in [6, 6.07) is 27.6. The molecule has 63 heavy (non-hydrogen) atoms. The lowest BCUT2D eigenvalue weighted by molar-refractivity contribution is -0.342. The van der Waals surface area contributed by atoms with Gasteiger partial charge in [-0.1, -0.05) is 103 Å². The van der Waals surface area contributed by atoms with Gasteiger partial charge in [0.25, 0.3) is 0 Å². The predicted octanol–water partition coefficient (Wildman–Crippen LogP) is 6.04. The maximum absolute atomic E-state index is 13.2. The van der Waals surface area contributed by atoms with Crippen LogP contribution in [-0.2, 0) is 76.8 Å². The van der Waals surface area contributed by atoms with Gasteiger partial charge in [-0.25, -0.2) is 4.79 Å². The number of rotatable bonds is 20. The molecule has 3 aromatic carbocycles. The summed E-state index contributed by atoms with van der Waals surface area (Å²) in [4.78, 5) is 58.5. The van der Waals surface area contributed by atoms with E-state index >= 15 is 0 Å². The van der Waals surface area contributed by atoms with E-state index in [4.69, 9.17) is 47.5 Å². The number of carbonyl (C=O) groups is 3. The van der Waals surface area contributed by atoms with Crippen molar-refractivity contribution in [1.29, 1.82) is 0 Å². The van der Waals surface area contributed by atoms with Gasteiger partial charge in [0.05, 0.1) is 24.9 Å². The van der Waals surface area contributed by atoms with Gasteiger partial charge >= 0.3 is 24.2 Å². The Labute approximate surface area is 366 Å². The molecule has 340 valence electrons. The van der Waals surface area contributed by atoms with Gasteiger partial charge in [0.15, 0.2) is 18.7 Å². The second kappa shape index (κ2) is 26.7. The molecule has 5 rings (SSSR count). The molecule has 4 unspecified atom stereocenters. The van der Waals surface area contributed by atoms with Crippen LogP contribution in [0.3, 0.4) is 0 Å². The van der Waals surface area contributed by atoms with Crippen LogP contribution in [0.15, 0.2) is 96.1 Å². The van der Waals surface area contributed by atoms with Gasteiger partial charge in [0.1, 0.15) is 31.5 Å². The number of hydrogen-bond donors (Lipinski definition) is 1. The molecular weight excluding hydrogens is 821 g/mol. The van der Waals surface area contributed by atoms with E-state index < -0.39 is 79.2 Å². The van der Waals surface area contributed by atoms with E-state index in [0.29, 0.717) is 32.4 Å². The SMILES string of the molecule is CC(=O)OCC1O[C@H](OCCCCCN(Cc2ccccc2)C(=O)OCc2ccccc2)C(N=[N+]=[N-])[C@@H](C)[C@@H]1O[C@@H]1OC(C)[C@@H](O)[C@@H](OCc2ccccc2)C1OC(C)=O.O=C=O. The molecule has 0 radical (unpaired) electrons. The van der Waals surface area contributed by atoms with E-state index in [1.165, 1.54) is 13.8 Å². The highest BCUT2D eigenvalue weighted by molar-refractivity contribution is 5.68. The number of unbranched alkanes of at least 4 members (excludes halogenated alkanes) is 2. The van der Waals surface area contributed by atoms with Crippen molar-refractivity contribution in [2.75, 3.05) is 19.8 Å². The first-order valence-corrected chi connectivity index (χ1v) is 20.7. The summed E-state index contributed by atoms with van der Waals surface area (Å²) in [5.41, 5.74) is 12.3. The van der Waals surface area contributed by atoms with Gasteiger partial charge in [-0.05, 0) is 54.3 Å². The third kappa shape index (κ3) is 16.2. The molecule has 18 heteroatoms. The number of esters is 2. The summed E-state index contributed by atoms with van der Waals surface area (Å²) in [6.07, 6.45) is -6.58. The zero-order chi connectivity index (χ0) is 45.6. The summed E-state index contributed by atoms with van der Waals surface area (Å²) >= 11 is 0. The van der Waals surface area contributed by atoms with Crippen molar-refractivity contribution >= 4 is 24.2 Å². The molecule has 0 aromatic heterocycles. The van der Waals surface area contributed by atoms with Gasteiger partial charge in [-0.2, -0.15) is 9.59 Å². The number of ether oxygens (including phenoxy) is 8. The number of benzene rings is 3. The van der Waals surface area contributed by atoms with E-state index in [2.05, 4.69) is 10.0 Å². The van der Waals surface area contributed by atoms with Crippen LogP contribution >= 0.6 is 0 Å². The van der Waals surface area contributed by atoms with Gasteiger partial charge in [-0.15, -0.1) is 0 Å². The van der Waals surface area contributed by atoms with Crippen LogP contribution in [0.5, 0.6) is 0 Å². The standard InChI is InChI=1S/C44H56N4O12.CO2/c1-29-37(46-47-45)42(53-24-16-8-15-23-48(25-33-17-9-5-10-18-33)44(52)56-27-35-21-13-7-14-22-35)59-36(28-54-31(3)49)39(29)60-43-41(58-32(4)50)40(38(51)30(2)57-43)55-26-34-19-11-6-12-20-34;2-1-3/h5-7,9-14,17-22,29-30,36-43,51H,8,15-16,23-28H2,1-4H3;/t29-,30?,36?,37?,38-,39+,40-,41?,42+,43+;/m1./s1. The first kappa shape index (κ1) is 50.0. The molecular formula is C45H56N4O14. The first-order valence-electron chi connectivity index (χ1n) is 20.7. The van der Waals surface area contributed by atoms with Crippen molar-refractivity contribution in [2.45, 2.75) is 122 Å². The van der Waals surface area contributed by atoms with Crippen LogP contribution in [0.4, 0.5) is 4.79 Å².